The minimum atomic E-state index is -0.438. The number of oxazole rings is 1. The van der Waals surface area contributed by atoms with Crippen LogP contribution in [0.25, 0.3) is 11.3 Å². The van der Waals surface area contributed by atoms with Gasteiger partial charge in [-0.1, -0.05) is 29.4 Å². The molecule has 4 aromatic rings. The second-order valence-corrected chi connectivity index (χ2v) is 7.68. The third kappa shape index (κ3) is 3.91. The summed E-state index contributed by atoms with van der Waals surface area (Å²) < 4.78 is 38.3. The third-order valence-electron chi connectivity index (χ3n) is 5.53. The molecule has 1 saturated heterocycles. The Hall–Kier alpha value is -3.81. The van der Waals surface area contributed by atoms with Gasteiger partial charge in [0.25, 0.3) is 5.91 Å². The van der Waals surface area contributed by atoms with E-state index in [4.69, 9.17) is 8.94 Å². The van der Waals surface area contributed by atoms with Crippen LogP contribution in [0, 0.1) is 11.6 Å². The molecule has 3 heterocycles. The fourth-order valence-electron chi connectivity index (χ4n) is 3.94. The molecular weight excluding hydrogens is 416 g/mol. The van der Waals surface area contributed by atoms with Gasteiger partial charge in [-0.3, -0.25) is 4.79 Å². The van der Waals surface area contributed by atoms with Gasteiger partial charge in [0.05, 0.1) is 6.20 Å². The highest BCUT2D eigenvalue weighted by atomic mass is 19.1. The molecule has 0 bridgehead atoms. The predicted octanol–water partition coefficient (Wildman–Crippen LogP) is 5.18. The molecule has 2 aromatic heterocycles. The topological polar surface area (TPSA) is 72.4 Å². The van der Waals surface area contributed by atoms with Crippen LogP contribution >= 0.6 is 0 Å². The molecule has 1 aliphatic rings. The molecule has 1 unspecified atom stereocenters. The Morgan fingerprint density at radius 3 is 2.75 bits per heavy atom. The standard InChI is InChI=1S/C24H19F2N3O3/c25-16-9-7-15(8-10-16)12-17-14-27-23(31-17)21-6-3-11-29(21)24(30)22-13-20(28-32-22)18-4-1-2-5-19(18)26/h1-2,4-5,7-10,13-14,21H,3,6,11-12H2. The van der Waals surface area contributed by atoms with E-state index in [-0.39, 0.29) is 34.8 Å². The summed E-state index contributed by atoms with van der Waals surface area (Å²) in [6.45, 7) is 0.523. The minimum Gasteiger partial charge on any atom is -0.443 e. The van der Waals surface area contributed by atoms with E-state index in [0.717, 1.165) is 12.0 Å². The first kappa shape index (κ1) is 20.1. The summed E-state index contributed by atoms with van der Waals surface area (Å²) in [6, 6.07) is 13.5. The fourth-order valence-corrected chi connectivity index (χ4v) is 3.94. The number of carbonyl (C=O) groups excluding carboxylic acids is 1. The van der Waals surface area contributed by atoms with Crippen LogP contribution in [-0.4, -0.2) is 27.5 Å². The van der Waals surface area contributed by atoms with Crippen LogP contribution in [0.5, 0.6) is 0 Å². The second kappa shape index (κ2) is 8.37. The molecule has 0 aliphatic carbocycles. The summed E-state index contributed by atoms with van der Waals surface area (Å²) in [7, 11) is 0. The number of likely N-dealkylation sites (tertiary alicyclic amines) is 1. The van der Waals surface area contributed by atoms with Crippen molar-refractivity contribution in [1.29, 1.82) is 0 Å². The van der Waals surface area contributed by atoms with E-state index in [0.29, 0.717) is 31.0 Å². The van der Waals surface area contributed by atoms with Gasteiger partial charge >= 0.3 is 0 Å². The lowest BCUT2D eigenvalue weighted by molar-refractivity contribution is 0.0672. The Labute approximate surface area is 182 Å². The largest absolute Gasteiger partial charge is 0.443 e. The van der Waals surface area contributed by atoms with Crippen molar-refractivity contribution in [3.8, 4) is 11.3 Å². The molecule has 0 spiro atoms. The summed E-state index contributed by atoms with van der Waals surface area (Å²) >= 11 is 0. The van der Waals surface area contributed by atoms with Crippen LogP contribution in [0.2, 0.25) is 0 Å². The lowest BCUT2D eigenvalue weighted by Gasteiger charge is -2.20. The van der Waals surface area contributed by atoms with Crippen LogP contribution in [0.3, 0.4) is 0 Å². The number of nitrogens with zero attached hydrogens (tertiary/aromatic N) is 3. The fraction of sp³-hybridized carbons (Fsp3) is 0.208. The molecule has 1 atom stereocenters. The summed E-state index contributed by atoms with van der Waals surface area (Å²) in [5.41, 5.74) is 1.43. The molecule has 162 valence electrons. The second-order valence-electron chi connectivity index (χ2n) is 7.68. The van der Waals surface area contributed by atoms with Crippen LogP contribution in [0.1, 0.15) is 46.7 Å². The van der Waals surface area contributed by atoms with Gasteiger partial charge in [-0.15, -0.1) is 0 Å². The molecule has 6 nitrogen and oxygen atoms in total. The molecule has 0 radical (unpaired) electrons. The van der Waals surface area contributed by atoms with Crippen LogP contribution in [-0.2, 0) is 6.42 Å². The van der Waals surface area contributed by atoms with E-state index in [1.807, 2.05) is 0 Å². The van der Waals surface area contributed by atoms with Gasteiger partial charge in [0.15, 0.2) is 0 Å². The molecular formula is C24H19F2N3O3. The molecule has 1 fully saturated rings. The van der Waals surface area contributed by atoms with Crippen LogP contribution in [0.4, 0.5) is 8.78 Å². The molecule has 5 rings (SSSR count). The van der Waals surface area contributed by atoms with Crippen molar-refractivity contribution in [3.63, 3.8) is 0 Å². The first-order valence-electron chi connectivity index (χ1n) is 10.3. The predicted molar refractivity (Wildman–Crippen MR) is 111 cm³/mol. The Balaban J connectivity index is 1.33. The van der Waals surface area contributed by atoms with E-state index in [9.17, 15) is 13.6 Å². The molecule has 1 aliphatic heterocycles. The van der Waals surface area contributed by atoms with Crippen molar-refractivity contribution >= 4 is 5.91 Å². The Morgan fingerprint density at radius 2 is 1.94 bits per heavy atom. The first-order chi connectivity index (χ1) is 15.6. The Bertz CT molecular complexity index is 1250. The molecule has 8 heteroatoms. The molecule has 32 heavy (non-hydrogen) atoms. The zero-order valence-corrected chi connectivity index (χ0v) is 17.0. The zero-order valence-electron chi connectivity index (χ0n) is 17.0. The van der Waals surface area contributed by atoms with Gasteiger partial charge in [-0.2, -0.15) is 0 Å². The quantitative estimate of drug-likeness (QED) is 0.432. The third-order valence-corrected chi connectivity index (χ3v) is 5.53. The van der Waals surface area contributed by atoms with E-state index < -0.39 is 5.82 Å². The maximum absolute atomic E-state index is 14.0. The van der Waals surface area contributed by atoms with Crippen molar-refractivity contribution in [2.75, 3.05) is 6.54 Å². The Morgan fingerprint density at radius 1 is 1.12 bits per heavy atom. The highest BCUT2D eigenvalue weighted by Crippen LogP contribution is 2.34. The van der Waals surface area contributed by atoms with Gasteiger partial charge < -0.3 is 13.8 Å². The highest BCUT2D eigenvalue weighted by molar-refractivity contribution is 5.92. The van der Waals surface area contributed by atoms with Crippen molar-refractivity contribution in [1.82, 2.24) is 15.0 Å². The number of hydrogen-bond acceptors (Lipinski definition) is 5. The highest BCUT2D eigenvalue weighted by Gasteiger charge is 2.35. The summed E-state index contributed by atoms with van der Waals surface area (Å²) in [5.74, 6) is 0.0355. The zero-order chi connectivity index (χ0) is 22.1. The SMILES string of the molecule is O=C(c1cc(-c2ccccc2F)no1)N1CCCC1c1ncc(Cc2ccc(F)cc2)o1. The van der Waals surface area contributed by atoms with E-state index in [2.05, 4.69) is 10.1 Å². The molecule has 0 saturated carbocycles. The summed E-state index contributed by atoms with van der Waals surface area (Å²) in [5, 5.41) is 3.87. The smallest absolute Gasteiger partial charge is 0.293 e. The maximum atomic E-state index is 14.0. The number of halogens is 2. The van der Waals surface area contributed by atoms with Crippen molar-refractivity contribution in [3.05, 3.63) is 95.4 Å². The van der Waals surface area contributed by atoms with E-state index in [1.165, 1.54) is 24.3 Å². The van der Waals surface area contributed by atoms with Crippen LogP contribution in [0.15, 0.2) is 69.7 Å². The van der Waals surface area contributed by atoms with E-state index in [1.54, 1.807) is 41.4 Å². The number of amides is 1. The normalized spacial score (nSPS) is 15.9. The summed E-state index contributed by atoms with van der Waals surface area (Å²) in [4.78, 5) is 19.1. The number of rotatable bonds is 5. The average molecular weight is 435 g/mol. The summed E-state index contributed by atoms with van der Waals surface area (Å²) in [6.07, 6.45) is 3.60. The Kier molecular flexibility index (Phi) is 5.26. The van der Waals surface area contributed by atoms with Crippen molar-refractivity contribution < 1.29 is 22.5 Å². The number of benzene rings is 2. The monoisotopic (exact) mass is 435 g/mol. The van der Waals surface area contributed by atoms with Crippen molar-refractivity contribution in [2.24, 2.45) is 0 Å². The van der Waals surface area contributed by atoms with Gasteiger partial charge in [0.1, 0.15) is 29.1 Å². The lowest BCUT2D eigenvalue weighted by Crippen LogP contribution is -2.30. The molecule has 1 amide bonds. The first-order valence-corrected chi connectivity index (χ1v) is 10.3. The molecule has 2 aromatic carbocycles. The number of carbonyl (C=O) groups is 1. The van der Waals surface area contributed by atoms with Crippen LogP contribution < -0.4 is 0 Å². The lowest BCUT2D eigenvalue weighted by atomic mass is 10.1. The average Bonchev–Trinajstić information content (AvgIpc) is 3.56. The van der Waals surface area contributed by atoms with E-state index >= 15 is 0 Å². The number of aromatic nitrogens is 2. The van der Waals surface area contributed by atoms with Crippen molar-refractivity contribution in [2.45, 2.75) is 25.3 Å². The van der Waals surface area contributed by atoms with Gasteiger partial charge in [0.2, 0.25) is 11.7 Å². The maximum Gasteiger partial charge on any atom is 0.293 e. The minimum absolute atomic E-state index is 0.0354. The van der Waals surface area contributed by atoms with Gasteiger partial charge in [-0.25, -0.2) is 13.8 Å². The number of hydrogen-bond donors (Lipinski definition) is 0. The molecule has 0 N–H and O–H groups in total. The van der Waals surface area contributed by atoms with Gasteiger partial charge in [-0.05, 0) is 42.7 Å². The van der Waals surface area contributed by atoms with Gasteiger partial charge in [0, 0.05) is 24.6 Å².